The Labute approximate surface area is 162 Å². The molecule has 0 fully saturated rings. The minimum Gasteiger partial charge on any atom is -0.360 e. The summed E-state index contributed by atoms with van der Waals surface area (Å²) in [6.07, 6.45) is 0. The smallest absolute Gasteiger partial charge is 0.222 e. The molecule has 0 heterocycles. The molecule has 0 spiro atoms. The van der Waals surface area contributed by atoms with Crippen molar-refractivity contribution in [2.24, 2.45) is 0 Å². The van der Waals surface area contributed by atoms with E-state index in [-0.39, 0.29) is 0 Å². The molecule has 0 saturated heterocycles. The molecule has 0 saturated carbocycles. The first-order chi connectivity index (χ1) is 13.3. The molecular formula is C25H23NSi. The Morgan fingerprint density at radius 2 is 0.741 bits per heavy atom. The SMILES string of the molecule is C[Si](c1ccccc1)(c1ccccc1)N(c1ccccc1)c1ccccc1. The molecule has 0 N–H and O–H groups in total. The maximum absolute atomic E-state index is 2.57. The summed E-state index contributed by atoms with van der Waals surface area (Å²) in [5.41, 5.74) is 2.45. The van der Waals surface area contributed by atoms with E-state index in [4.69, 9.17) is 0 Å². The predicted molar refractivity (Wildman–Crippen MR) is 119 cm³/mol. The minimum atomic E-state index is -2.28. The van der Waals surface area contributed by atoms with E-state index in [9.17, 15) is 0 Å². The van der Waals surface area contributed by atoms with Crippen LogP contribution in [0.5, 0.6) is 0 Å². The number of benzene rings is 4. The van der Waals surface area contributed by atoms with Crippen LogP contribution in [0.4, 0.5) is 11.4 Å². The molecular weight excluding hydrogens is 342 g/mol. The Hall–Kier alpha value is -3.10. The average Bonchev–Trinajstić information content (AvgIpc) is 2.76. The molecule has 4 aromatic carbocycles. The molecule has 0 amide bonds. The van der Waals surface area contributed by atoms with Gasteiger partial charge in [-0.25, -0.2) is 0 Å². The number of para-hydroxylation sites is 2. The third-order valence-corrected chi connectivity index (χ3v) is 9.47. The van der Waals surface area contributed by atoms with Gasteiger partial charge >= 0.3 is 0 Å². The summed E-state index contributed by atoms with van der Waals surface area (Å²) in [4.78, 5) is 0. The molecule has 2 heteroatoms. The van der Waals surface area contributed by atoms with Crippen molar-refractivity contribution in [3.63, 3.8) is 0 Å². The lowest BCUT2D eigenvalue weighted by Gasteiger charge is -2.42. The quantitative estimate of drug-likeness (QED) is 0.439. The maximum atomic E-state index is 2.57. The van der Waals surface area contributed by atoms with E-state index in [1.807, 2.05) is 0 Å². The lowest BCUT2D eigenvalue weighted by atomic mass is 10.3. The van der Waals surface area contributed by atoms with Crippen molar-refractivity contribution >= 4 is 30.0 Å². The van der Waals surface area contributed by atoms with E-state index < -0.39 is 8.24 Å². The van der Waals surface area contributed by atoms with Gasteiger partial charge in [0.1, 0.15) is 0 Å². The van der Waals surface area contributed by atoms with Gasteiger partial charge in [0, 0.05) is 11.4 Å². The van der Waals surface area contributed by atoms with Crippen LogP contribution >= 0.6 is 0 Å². The molecule has 1 nitrogen and oxygen atoms in total. The Morgan fingerprint density at radius 3 is 1.07 bits per heavy atom. The second kappa shape index (κ2) is 7.64. The fraction of sp³-hybridized carbons (Fsp3) is 0.0400. The second-order valence-corrected chi connectivity index (χ2v) is 10.6. The molecule has 0 aromatic heterocycles. The average molecular weight is 366 g/mol. The highest BCUT2D eigenvalue weighted by molar-refractivity contribution is 7.04. The van der Waals surface area contributed by atoms with Gasteiger partial charge in [0.2, 0.25) is 8.24 Å². The highest BCUT2D eigenvalue weighted by Gasteiger charge is 2.40. The van der Waals surface area contributed by atoms with Crippen LogP contribution in [0.1, 0.15) is 0 Å². The molecule has 0 atom stereocenters. The summed E-state index contributed by atoms with van der Waals surface area (Å²) in [6.45, 7) is 2.44. The topological polar surface area (TPSA) is 3.24 Å². The largest absolute Gasteiger partial charge is 0.360 e. The summed E-state index contributed by atoms with van der Waals surface area (Å²) >= 11 is 0. The molecule has 4 aromatic rings. The summed E-state index contributed by atoms with van der Waals surface area (Å²) in [5, 5.41) is 2.79. The van der Waals surface area contributed by atoms with Crippen molar-refractivity contribution in [3.8, 4) is 0 Å². The summed E-state index contributed by atoms with van der Waals surface area (Å²) in [5.74, 6) is 0. The van der Waals surface area contributed by atoms with Gasteiger partial charge in [-0.15, -0.1) is 0 Å². The van der Waals surface area contributed by atoms with Gasteiger partial charge in [0.15, 0.2) is 0 Å². The Kier molecular flexibility index (Phi) is 4.90. The van der Waals surface area contributed by atoms with E-state index in [1.54, 1.807) is 0 Å². The van der Waals surface area contributed by atoms with Crippen LogP contribution in [0, 0.1) is 0 Å². The zero-order valence-electron chi connectivity index (χ0n) is 15.5. The third kappa shape index (κ3) is 3.32. The van der Waals surface area contributed by atoms with Crippen molar-refractivity contribution in [2.75, 3.05) is 4.57 Å². The monoisotopic (exact) mass is 365 g/mol. The molecule has 0 aliphatic heterocycles. The third-order valence-electron chi connectivity index (χ3n) is 5.15. The zero-order valence-corrected chi connectivity index (χ0v) is 16.5. The standard InChI is InChI=1S/C25H23NSi/c1-27(24-18-10-4-11-19-24,25-20-12-5-13-21-25)26(22-14-6-2-7-15-22)23-16-8-3-9-17-23/h2-21H,1H3. The van der Waals surface area contributed by atoms with Crippen LogP contribution in [0.2, 0.25) is 6.55 Å². The van der Waals surface area contributed by atoms with Crippen LogP contribution in [-0.4, -0.2) is 8.24 Å². The first-order valence-electron chi connectivity index (χ1n) is 9.31. The highest BCUT2D eigenvalue weighted by atomic mass is 28.3. The number of rotatable bonds is 5. The Bertz CT molecular complexity index is 891. The number of hydrogen-bond acceptors (Lipinski definition) is 1. The summed E-state index contributed by atoms with van der Waals surface area (Å²) < 4.78 is 2.57. The molecule has 0 bridgehead atoms. The van der Waals surface area contributed by atoms with Gasteiger partial charge in [-0.1, -0.05) is 97.1 Å². The number of nitrogens with zero attached hydrogens (tertiary/aromatic N) is 1. The molecule has 27 heavy (non-hydrogen) atoms. The Balaban J connectivity index is 2.01. The normalized spacial score (nSPS) is 11.1. The molecule has 4 rings (SSSR count). The Morgan fingerprint density at radius 1 is 0.444 bits per heavy atom. The summed E-state index contributed by atoms with van der Waals surface area (Å²) in [6, 6.07) is 43.4. The van der Waals surface area contributed by atoms with Crippen LogP contribution in [0.25, 0.3) is 0 Å². The predicted octanol–water partition coefficient (Wildman–Crippen LogP) is 5.21. The fourth-order valence-corrected chi connectivity index (χ4v) is 7.63. The molecule has 0 unspecified atom stereocenters. The van der Waals surface area contributed by atoms with E-state index in [0.29, 0.717) is 0 Å². The zero-order chi connectivity index (χ0) is 18.5. The van der Waals surface area contributed by atoms with E-state index >= 15 is 0 Å². The van der Waals surface area contributed by atoms with Crippen LogP contribution in [-0.2, 0) is 0 Å². The first kappa shape index (κ1) is 17.3. The fourth-order valence-electron chi connectivity index (χ4n) is 3.77. The van der Waals surface area contributed by atoms with Gasteiger partial charge < -0.3 is 4.57 Å². The van der Waals surface area contributed by atoms with Gasteiger partial charge in [0.05, 0.1) is 0 Å². The van der Waals surface area contributed by atoms with E-state index in [2.05, 4.69) is 132 Å². The van der Waals surface area contributed by atoms with Crippen molar-refractivity contribution in [3.05, 3.63) is 121 Å². The van der Waals surface area contributed by atoms with Crippen LogP contribution in [0.3, 0.4) is 0 Å². The van der Waals surface area contributed by atoms with Gasteiger partial charge in [0.25, 0.3) is 0 Å². The summed E-state index contributed by atoms with van der Waals surface area (Å²) in [7, 11) is -2.28. The number of anilines is 2. The van der Waals surface area contributed by atoms with Crippen LogP contribution in [0.15, 0.2) is 121 Å². The van der Waals surface area contributed by atoms with Gasteiger partial charge in [-0.3, -0.25) is 0 Å². The van der Waals surface area contributed by atoms with Crippen LogP contribution < -0.4 is 14.9 Å². The highest BCUT2D eigenvalue weighted by Crippen LogP contribution is 2.31. The second-order valence-electron chi connectivity index (χ2n) is 6.81. The maximum Gasteiger partial charge on any atom is 0.222 e. The van der Waals surface area contributed by atoms with Crippen molar-refractivity contribution in [1.82, 2.24) is 0 Å². The number of hydrogen-bond donors (Lipinski definition) is 0. The van der Waals surface area contributed by atoms with Crippen molar-refractivity contribution in [2.45, 2.75) is 6.55 Å². The van der Waals surface area contributed by atoms with Gasteiger partial charge in [-0.2, -0.15) is 0 Å². The lowest BCUT2D eigenvalue weighted by Crippen LogP contribution is -2.67. The minimum absolute atomic E-state index is 1.23. The van der Waals surface area contributed by atoms with E-state index in [1.165, 1.54) is 21.7 Å². The molecule has 0 radical (unpaired) electrons. The molecule has 0 aliphatic rings. The molecule has 0 aliphatic carbocycles. The first-order valence-corrected chi connectivity index (χ1v) is 11.8. The lowest BCUT2D eigenvalue weighted by molar-refractivity contribution is 1.34. The van der Waals surface area contributed by atoms with Gasteiger partial charge in [-0.05, 0) is 41.2 Å². The van der Waals surface area contributed by atoms with Crippen molar-refractivity contribution in [1.29, 1.82) is 0 Å². The van der Waals surface area contributed by atoms with E-state index in [0.717, 1.165) is 0 Å². The molecule has 132 valence electrons. The van der Waals surface area contributed by atoms with Crippen molar-refractivity contribution < 1.29 is 0 Å².